The van der Waals surface area contributed by atoms with Crippen LogP contribution in [0.2, 0.25) is 0 Å². The van der Waals surface area contributed by atoms with Crippen molar-refractivity contribution < 1.29 is 0 Å². The average Bonchev–Trinajstić information content (AvgIpc) is 3.26. The molecule has 0 amide bonds. The number of nitrogens with zero attached hydrogens (tertiary/aromatic N) is 1. The van der Waals surface area contributed by atoms with Gasteiger partial charge in [-0.2, -0.15) is 0 Å². The van der Waals surface area contributed by atoms with Crippen molar-refractivity contribution >= 4 is 17.5 Å². The Kier molecular flexibility index (Phi) is 19.7. The van der Waals surface area contributed by atoms with Gasteiger partial charge < -0.3 is 16.0 Å². The predicted octanol–water partition coefficient (Wildman–Crippen LogP) is 9.93. The van der Waals surface area contributed by atoms with Crippen molar-refractivity contribution in [2.45, 2.75) is 109 Å². The van der Waals surface area contributed by atoms with E-state index in [4.69, 9.17) is 5.73 Å². The molecule has 2 rings (SSSR count). The van der Waals surface area contributed by atoms with Crippen molar-refractivity contribution in [3.05, 3.63) is 73.1 Å². The number of hydrogen-bond donors (Lipinski definition) is 2. The van der Waals surface area contributed by atoms with Crippen molar-refractivity contribution in [1.82, 2.24) is 10.2 Å². The van der Waals surface area contributed by atoms with Crippen LogP contribution in [0, 0.1) is 5.92 Å². The van der Waals surface area contributed by atoms with Gasteiger partial charge in [0.1, 0.15) is 0 Å². The van der Waals surface area contributed by atoms with Gasteiger partial charge in [-0.3, -0.25) is 0 Å². The average molecular weight is 554 g/mol. The zero-order valence-electron chi connectivity index (χ0n) is 25.7. The lowest BCUT2D eigenvalue weighted by Crippen LogP contribution is -2.19. The van der Waals surface area contributed by atoms with Gasteiger partial charge in [0, 0.05) is 40.8 Å². The van der Waals surface area contributed by atoms with Crippen LogP contribution in [0.25, 0.3) is 5.70 Å². The molecule has 1 atom stereocenters. The van der Waals surface area contributed by atoms with Crippen LogP contribution in [0.3, 0.4) is 0 Å². The third-order valence-electron chi connectivity index (χ3n) is 7.28. The number of nitrogens with two attached hydrogens (primary N) is 1. The van der Waals surface area contributed by atoms with Crippen LogP contribution < -0.4 is 11.1 Å². The zero-order chi connectivity index (χ0) is 28.9. The molecule has 0 saturated carbocycles. The number of likely N-dealkylation sites (tertiary alicyclic amines) is 1. The first kappa shape index (κ1) is 35.1. The van der Waals surface area contributed by atoms with E-state index in [1.807, 2.05) is 25.6 Å². The topological polar surface area (TPSA) is 41.3 Å². The number of thioether (sulfide) groups is 1. The highest BCUT2D eigenvalue weighted by Gasteiger charge is 2.21. The summed E-state index contributed by atoms with van der Waals surface area (Å²) in [6, 6.07) is 8.86. The molecule has 1 saturated heterocycles. The lowest BCUT2D eigenvalue weighted by molar-refractivity contribution is 0.450. The van der Waals surface area contributed by atoms with Gasteiger partial charge in [0.2, 0.25) is 0 Å². The predicted molar refractivity (Wildman–Crippen MR) is 178 cm³/mol. The Hall–Kier alpha value is -1.91. The molecule has 220 valence electrons. The standard InChI is InChI=1S/C33H53N3S.C2H6/c1-6-7-8-12-16-31(23-27(2)25-36-28(3)19-20-29(36)4)26-37-33-18-15-17-32(24-33)30(5)35-22-14-11-9-10-13-21-34;1-2/h15,17-18,24,31,35H,2-14,16,19-23,25-26,34H2,1H3;1-2H3. The molecule has 3 nitrogen and oxygen atoms in total. The Balaban J connectivity index is 0.00000371. The van der Waals surface area contributed by atoms with Crippen LogP contribution in [0.5, 0.6) is 0 Å². The van der Waals surface area contributed by atoms with Crippen molar-refractivity contribution in [3.63, 3.8) is 0 Å². The number of hydrogen-bond acceptors (Lipinski definition) is 4. The van der Waals surface area contributed by atoms with Crippen LogP contribution in [-0.4, -0.2) is 30.3 Å². The summed E-state index contributed by atoms with van der Waals surface area (Å²) >= 11 is 1.98. The van der Waals surface area contributed by atoms with E-state index in [2.05, 4.69) is 67.7 Å². The van der Waals surface area contributed by atoms with Gasteiger partial charge >= 0.3 is 0 Å². The number of nitrogens with one attached hydrogen (secondary N) is 1. The number of benzene rings is 1. The molecule has 0 radical (unpaired) electrons. The van der Waals surface area contributed by atoms with Crippen LogP contribution >= 0.6 is 11.8 Å². The maximum atomic E-state index is 5.58. The smallest absolute Gasteiger partial charge is 0.0432 e. The third kappa shape index (κ3) is 14.9. The van der Waals surface area contributed by atoms with E-state index in [9.17, 15) is 0 Å². The molecule has 1 fully saturated rings. The van der Waals surface area contributed by atoms with Crippen molar-refractivity contribution in [2.24, 2.45) is 11.7 Å². The molecule has 0 aromatic heterocycles. The van der Waals surface area contributed by atoms with E-state index in [0.29, 0.717) is 5.92 Å². The minimum Gasteiger partial charge on any atom is -0.385 e. The van der Waals surface area contributed by atoms with Gasteiger partial charge in [-0.25, -0.2) is 0 Å². The Labute approximate surface area is 246 Å². The molecule has 4 heteroatoms. The molecule has 1 aliphatic heterocycles. The maximum Gasteiger partial charge on any atom is 0.0432 e. The molecule has 3 N–H and O–H groups in total. The van der Waals surface area contributed by atoms with Crippen molar-refractivity contribution in [1.29, 1.82) is 0 Å². The van der Waals surface area contributed by atoms with Gasteiger partial charge in [-0.1, -0.05) is 110 Å². The van der Waals surface area contributed by atoms with E-state index in [-0.39, 0.29) is 0 Å². The molecule has 1 heterocycles. The molecule has 0 bridgehead atoms. The molecule has 1 aliphatic rings. The van der Waals surface area contributed by atoms with Gasteiger partial charge in [-0.05, 0) is 68.7 Å². The second-order valence-corrected chi connectivity index (χ2v) is 11.8. The summed E-state index contributed by atoms with van der Waals surface area (Å²) in [5, 5.41) is 3.53. The van der Waals surface area contributed by atoms with E-state index in [1.54, 1.807) is 0 Å². The summed E-state index contributed by atoms with van der Waals surface area (Å²) in [7, 11) is 0. The van der Waals surface area contributed by atoms with Gasteiger partial charge in [0.15, 0.2) is 0 Å². The van der Waals surface area contributed by atoms with Crippen molar-refractivity contribution in [3.8, 4) is 0 Å². The summed E-state index contributed by atoms with van der Waals surface area (Å²) < 4.78 is 0. The fraction of sp³-hybridized carbons (Fsp3) is 0.600. The van der Waals surface area contributed by atoms with Crippen LogP contribution in [-0.2, 0) is 0 Å². The first-order valence-corrected chi connectivity index (χ1v) is 16.6. The molecule has 0 aliphatic carbocycles. The van der Waals surface area contributed by atoms with Gasteiger partial charge in [0.05, 0.1) is 0 Å². The first-order chi connectivity index (χ1) is 18.9. The highest BCUT2D eigenvalue weighted by molar-refractivity contribution is 7.99. The maximum absolute atomic E-state index is 5.58. The Bertz CT molecular complexity index is 843. The lowest BCUT2D eigenvalue weighted by atomic mass is 9.95. The van der Waals surface area contributed by atoms with Crippen LogP contribution in [0.1, 0.15) is 110 Å². The Morgan fingerprint density at radius 3 is 2.33 bits per heavy atom. The third-order valence-corrected chi connectivity index (χ3v) is 8.50. The highest BCUT2D eigenvalue weighted by Crippen LogP contribution is 2.32. The van der Waals surface area contributed by atoms with E-state index in [1.165, 1.54) is 85.2 Å². The fourth-order valence-electron chi connectivity index (χ4n) is 4.93. The number of rotatable bonds is 21. The lowest BCUT2D eigenvalue weighted by Gasteiger charge is -2.24. The minimum absolute atomic E-state index is 0.641. The molecule has 1 aromatic carbocycles. The molecule has 0 spiro atoms. The molecular weight excluding hydrogens is 494 g/mol. The second-order valence-electron chi connectivity index (χ2n) is 10.7. The fourth-order valence-corrected chi connectivity index (χ4v) is 6.03. The van der Waals surface area contributed by atoms with Crippen LogP contribution in [0.4, 0.5) is 0 Å². The summed E-state index contributed by atoms with van der Waals surface area (Å²) in [6.45, 7) is 26.2. The van der Waals surface area contributed by atoms with E-state index in [0.717, 1.165) is 56.8 Å². The Morgan fingerprint density at radius 1 is 0.974 bits per heavy atom. The van der Waals surface area contributed by atoms with Gasteiger partial charge in [-0.15, -0.1) is 11.8 Å². The first-order valence-electron chi connectivity index (χ1n) is 15.6. The largest absolute Gasteiger partial charge is 0.385 e. The molecule has 1 aromatic rings. The summed E-state index contributed by atoms with van der Waals surface area (Å²) in [6.07, 6.45) is 15.8. The SMILES string of the molecule is C=C(CC(CCCCCC)CSc1cccc(C(=C)NCCCCCCCN)c1)CN1C(=C)CCC1=C.CC. The molecule has 1 unspecified atom stereocenters. The van der Waals surface area contributed by atoms with Crippen molar-refractivity contribution in [2.75, 3.05) is 25.4 Å². The highest BCUT2D eigenvalue weighted by atomic mass is 32.2. The quantitative estimate of drug-likeness (QED) is 0.0903. The van der Waals surface area contributed by atoms with Gasteiger partial charge in [0.25, 0.3) is 0 Å². The zero-order valence-corrected chi connectivity index (χ0v) is 26.5. The molecular formula is C35H59N3S. The van der Waals surface area contributed by atoms with Crippen LogP contribution in [0.15, 0.2) is 72.4 Å². The normalized spacial score (nSPS) is 13.7. The monoisotopic (exact) mass is 553 g/mol. The number of unbranched alkanes of at least 4 members (excludes halogenated alkanes) is 7. The van der Waals surface area contributed by atoms with E-state index < -0.39 is 0 Å². The summed E-state index contributed by atoms with van der Waals surface area (Å²) in [5.74, 6) is 1.77. The molecule has 39 heavy (non-hydrogen) atoms. The summed E-state index contributed by atoms with van der Waals surface area (Å²) in [5.41, 5.74) is 11.5. The second kappa shape index (κ2) is 21.9. The van der Waals surface area contributed by atoms with E-state index >= 15 is 0 Å². The summed E-state index contributed by atoms with van der Waals surface area (Å²) in [4.78, 5) is 3.61. The minimum atomic E-state index is 0.641. The number of allylic oxidation sites excluding steroid dienone is 2. The Morgan fingerprint density at radius 2 is 1.64 bits per heavy atom.